The first kappa shape index (κ1) is 20.5. The maximum atomic E-state index is 13.5. The first-order valence-corrected chi connectivity index (χ1v) is 8.84. The number of aromatic nitrogens is 5. The molecular weight excluding hydrogens is 428 g/mol. The van der Waals surface area contributed by atoms with Crippen LogP contribution in [0.1, 0.15) is 33.9 Å². The van der Waals surface area contributed by atoms with Crippen molar-refractivity contribution in [1.29, 1.82) is 0 Å². The van der Waals surface area contributed by atoms with E-state index in [0.29, 0.717) is 16.9 Å². The van der Waals surface area contributed by atoms with Crippen molar-refractivity contribution in [2.24, 2.45) is 0 Å². The Morgan fingerprint density at radius 2 is 2.16 bits per heavy atom. The van der Waals surface area contributed by atoms with E-state index < -0.39 is 48.8 Å². The maximum absolute atomic E-state index is 13.5. The van der Waals surface area contributed by atoms with E-state index in [1.165, 1.54) is 16.9 Å². The second kappa shape index (κ2) is 7.81. The summed E-state index contributed by atoms with van der Waals surface area (Å²) in [5, 5.41) is 14.8. The van der Waals surface area contributed by atoms with Crippen molar-refractivity contribution >= 4 is 17.6 Å². The Hall–Kier alpha value is -3.78. The third-order valence-corrected chi connectivity index (χ3v) is 4.37. The molecule has 11 nitrogen and oxygen atoms in total. The fourth-order valence-electron chi connectivity index (χ4n) is 2.96. The monoisotopic (exact) mass is 442 g/mol. The summed E-state index contributed by atoms with van der Waals surface area (Å²) < 4.78 is 58.1. The Kier molecular flexibility index (Phi) is 5.16. The molecule has 3 aromatic rings. The van der Waals surface area contributed by atoms with Crippen LogP contribution in [0.15, 0.2) is 23.1 Å². The average molecular weight is 442 g/mol. The number of carbonyl (C=O) groups excluding carboxylic acids is 2. The van der Waals surface area contributed by atoms with Crippen LogP contribution in [-0.4, -0.2) is 60.8 Å². The number of amides is 3. The topological polar surface area (TPSA) is 131 Å². The number of carbonyl (C=O) groups is 2. The number of alkyl halides is 4. The van der Waals surface area contributed by atoms with Gasteiger partial charge in [-0.3, -0.25) is 4.79 Å². The number of nitrogens with one attached hydrogen (secondary N) is 2. The van der Waals surface area contributed by atoms with E-state index in [2.05, 4.69) is 35.7 Å². The quantitative estimate of drug-likeness (QED) is 0.548. The van der Waals surface area contributed by atoms with Crippen molar-refractivity contribution in [2.45, 2.75) is 25.4 Å². The predicted octanol–water partition coefficient (Wildman–Crippen LogP) is 1.14. The molecule has 1 aliphatic rings. The molecule has 31 heavy (non-hydrogen) atoms. The van der Waals surface area contributed by atoms with Gasteiger partial charge in [0.15, 0.2) is 11.3 Å². The summed E-state index contributed by atoms with van der Waals surface area (Å²) in [5.41, 5.74) is -0.351. The molecule has 1 fully saturated rings. The molecule has 3 amide bonds. The lowest BCUT2D eigenvalue weighted by molar-refractivity contribution is -0.0367. The highest BCUT2D eigenvalue weighted by Gasteiger charge is 2.38. The molecule has 0 spiro atoms. The van der Waals surface area contributed by atoms with Crippen molar-refractivity contribution in [1.82, 2.24) is 40.4 Å². The molecule has 0 bridgehead atoms. The number of urea groups is 1. The lowest BCUT2D eigenvalue weighted by atomic mass is 10.2. The fraction of sp³-hybridized carbons (Fsp3) is 0.375. The number of hydrogen-bond acceptors (Lipinski definition) is 7. The van der Waals surface area contributed by atoms with Crippen LogP contribution in [0.5, 0.6) is 0 Å². The number of hydrogen-bond donors (Lipinski definition) is 2. The van der Waals surface area contributed by atoms with E-state index in [-0.39, 0.29) is 13.1 Å². The van der Waals surface area contributed by atoms with Gasteiger partial charge in [0.1, 0.15) is 0 Å². The van der Waals surface area contributed by atoms with E-state index in [4.69, 9.17) is 0 Å². The minimum absolute atomic E-state index is 0.0978. The number of nitrogens with zero attached hydrogens (tertiary/aromatic N) is 6. The number of imidazole rings is 1. The van der Waals surface area contributed by atoms with Gasteiger partial charge in [-0.15, -0.1) is 0 Å². The van der Waals surface area contributed by atoms with E-state index in [1.807, 2.05) is 0 Å². The summed E-state index contributed by atoms with van der Waals surface area (Å²) in [6.07, 6.45) is -0.143. The van der Waals surface area contributed by atoms with Gasteiger partial charge in [-0.05, 0) is 21.9 Å². The van der Waals surface area contributed by atoms with E-state index in [1.54, 1.807) is 6.07 Å². The minimum atomic E-state index is -3.03. The van der Waals surface area contributed by atoms with Crippen molar-refractivity contribution in [2.75, 3.05) is 13.1 Å². The SMILES string of the molecule is O=C(NCc1cn2ncc(CN3CC(F)(F)CNC3=O)cc2n1)c1nonc1C(F)F. The van der Waals surface area contributed by atoms with Crippen LogP contribution >= 0.6 is 0 Å². The van der Waals surface area contributed by atoms with Gasteiger partial charge in [0, 0.05) is 6.54 Å². The second-order valence-corrected chi connectivity index (χ2v) is 6.75. The normalized spacial score (nSPS) is 16.0. The van der Waals surface area contributed by atoms with Gasteiger partial charge < -0.3 is 15.5 Å². The Labute approximate surface area is 170 Å². The van der Waals surface area contributed by atoms with Crippen molar-refractivity contribution in [3.8, 4) is 0 Å². The predicted molar refractivity (Wildman–Crippen MR) is 92.2 cm³/mol. The zero-order chi connectivity index (χ0) is 22.2. The van der Waals surface area contributed by atoms with Gasteiger partial charge in [-0.1, -0.05) is 0 Å². The van der Waals surface area contributed by atoms with Crippen LogP contribution in [0.4, 0.5) is 22.4 Å². The van der Waals surface area contributed by atoms with E-state index in [0.717, 1.165) is 4.90 Å². The van der Waals surface area contributed by atoms with Gasteiger partial charge >= 0.3 is 6.03 Å². The maximum Gasteiger partial charge on any atom is 0.318 e. The molecule has 2 N–H and O–H groups in total. The lowest BCUT2D eigenvalue weighted by Gasteiger charge is -2.32. The summed E-state index contributed by atoms with van der Waals surface area (Å²) in [5.74, 6) is -3.95. The zero-order valence-electron chi connectivity index (χ0n) is 15.6. The molecule has 0 aromatic carbocycles. The van der Waals surface area contributed by atoms with Gasteiger partial charge in [0.2, 0.25) is 5.69 Å². The Morgan fingerprint density at radius 1 is 1.35 bits per heavy atom. The first-order chi connectivity index (χ1) is 14.7. The molecule has 1 aliphatic heterocycles. The van der Waals surface area contributed by atoms with Gasteiger partial charge in [0.25, 0.3) is 18.3 Å². The molecule has 0 aliphatic carbocycles. The van der Waals surface area contributed by atoms with Crippen LogP contribution in [0.2, 0.25) is 0 Å². The number of rotatable bonds is 6. The highest BCUT2D eigenvalue weighted by Crippen LogP contribution is 2.21. The first-order valence-electron chi connectivity index (χ1n) is 8.84. The molecule has 3 aromatic heterocycles. The van der Waals surface area contributed by atoms with Gasteiger partial charge in [-0.25, -0.2) is 36.5 Å². The standard InChI is InChI=1S/C16H14F4N8O3/c17-13(18)11-12(26-31-25-11)14(29)21-3-9-5-28-10(24-9)1-8(2-23-28)4-27-7-16(19,20)6-22-15(27)30/h1-2,5,13H,3-4,6-7H2,(H,21,29)(H,22,30). The van der Waals surface area contributed by atoms with E-state index >= 15 is 0 Å². The summed E-state index contributed by atoms with van der Waals surface area (Å²) in [4.78, 5) is 29.0. The molecular formula is C16H14F4N8O3. The van der Waals surface area contributed by atoms with E-state index in [9.17, 15) is 27.2 Å². The molecule has 0 saturated carbocycles. The molecule has 0 radical (unpaired) electrons. The summed E-state index contributed by atoms with van der Waals surface area (Å²) in [7, 11) is 0. The highest BCUT2D eigenvalue weighted by molar-refractivity contribution is 5.93. The molecule has 0 atom stereocenters. The summed E-state index contributed by atoms with van der Waals surface area (Å²) in [6, 6.07) is 0.942. The lowest BCUT2D eigenvalue weighted by Crippen LogP contribution is -2.56. The number of halogens is 4. The van der Waals surface area contributed by atoms with Crippen molar-refractivity contribution in [3.05, 3.63) is 41.1 Å². The molecule has 4 heterocycles. The second-order valence-electron chi connectivity index (χ2n) is 6.75. The van der Waals surface area contributed by atoms with Crippen LogP contribution in [0.3, 0.4) is 0 Å². The number of fused-ring (bicyclic) bond motifs is 1. The molecule has 1 saturated heterocycles. The van der Waals surface area contributed by atoms with Crippen LogP contribution in [0, 0.1) is 0 Å². The minimum Gasteiger partial charge on any atom is -0.345 e. The molecule has 4 rings (SSSR count). The smallest absolute Gasteiger partial charge is 0.318 e. The van der Waals surface area contributed by atoms with Crippen LogP contribution in [0.25, 0.3) is 5.65 Å². The van der Waals surface area contributed by atoms with Crippen molar-refractivity contribution < 1.29 is 31.8 Å². The third-order valence-electron chi connectivity index (χ3n) is 4.37. The molecule has 15 heteroatoms. The summed E-state index contributed by atoms with van der Waals surface area (Å²) in [6.45, 7) is -1.65. The third kappa shape index (κ3) is 4.39. The molecule has 164 valence electrons. The van der Waals surface area contributed by atoms with Crippen LogP contribution < -0.4 is 10.6 Å². The Balaban J connectivity index is 1.43. The van der Waals surface area contributed by atoms with Crippen LogP contribution in [-0.2, 0) is 13.1 Å². The highest BCUT2D eigenvalue weighted by atomic mass is 19.3. The Morgan fingerprint density at radius 3 is 2.94 bits per heavy atom. The fourth-order valence-corrected chi connectivity index (χ4v) is 2.96. The van der Waals surface area contributed by atoms with Crippen molar-refractivity contribution in [3.63, 3.8) is 0 Å². The largest absolute Gasteiger partial charge is 0.345 e. The van der Waals surface area contributed by atoms with Gasteiger partial charge in [-0.2, -0.15) is 5.10 Å². The Bertz CT molecular complexity index is 1130. The zero-order valence-corrected chi connectivity index (χ0v) is 15.6. The average Bonchev–Trinajstić information content (AvgIpc) is 3.35. The van der Waals surface area contributed by atoms with Gasteiger partial charge in [0.05, 0.1) is 37.7 Å². The molecule has 0 unspecified atom stereocenters. The summed E-state index contributed by atoms with van der Waals surface area (Å²) >= 11 is 0.